The minimum atomic E-state index is 0.664. The molecule has 2 aliphatic rings. The summed E-state index contributed by atoms with van der Waals surface area (Å²) in [6, 6.07) is 0.664. The van der Waals surface area contributed by atoms with E-state index in [1.165, 1.54) is 32.1 Å². The molecule has 3 nitrogen and oxygen atoms in total. The van der Waals surface area contributed by atoms with Gasteiger partial charge in [-0.2, -0.15) is 0 Å². The summed E-state index contributed by atoms with van der Waals surface area (Å²) >= 11 is 0. The van der Waals surface area contributed by atoms with Crippen LogP contribution in [0.15, 0.2) is 4.99 Å². The zero-order chi connectivity index (χ0) is 13.1. The van der Waals surface area contributed by atoms with Crippen LogP contribution in [0.3, 0.4) is 0 Å². The van der Waals surface area contributed by atoms with E-state index in [1.54, 1.807) is 0 Å². The fourth-order valence-electron chi connectivity index (χ4n) is 3.02. The molecule has 1 N–H and O–H groups in total. The summed E-state index contributed by atoms with van der Waals surface area (Å²) in [5.41, 5.74) is 0. The highest BCUT2D eigenvalue weighted by Crippen LogP contribution is 2.30. The Labute approximate surface area is 112 Å². The van der Waals surface area contributed by atoms with E-state index < -0.39 is 0 Å². The number of hydrogen-bond acceptors (Lipinski definition) is 1. The van der Waals surface area contributed by atoms with E-state index in [0.717, 1.165) is 30.3 Å². The summed E-state index contributed by atoms with van der Waals surface area (Å²) < 4.78 is 0. The second-order valence-corrected chi connectivity index (χ2v) is 6.52. The Balaban J connectivity index is 1.76. The van der Waals surface area contributed by atoms with Gasteiger partial charge in [0.25, 0.3) is 0 Å². The minimum Gasteiger partial charge on any atom is -0.353 e. The summed E-state index contributed by atoms with van der Waals surface area (Å²) in [5.74, 6) is 3.71. The SMILES string of the molecule is CN=C(NC1CC1C)N(C)CC1CCC(C)CC1. The molecular weight excluding hydrogens is 222 g/mol. The molecule has 2 rings (SSSR count). The van der Waals surface area contributed by atoms with Gasteiger partial charge in [-0.3, -0.25) is 4.99 Å². The highest BCUT2D eigenvalue weighted by Gasteiger charge is 2.34. The van der Waals surface area contributed by atoms with Crippen molar-refractivity contribution in [3.8, 4) is 0 Å². The van der Waals surface area contributed by atoms with Crippen molar-refractivity contribution in [1.29, 1.82) is 0 Å². The molecule has 0 amide bonds. The molecular formula is C15H29N3. The van der Waals surface area contributed by atoms with Gasteiger partial charge in [-0.25, -0.2) is 0 Å². The fourth-order valence-corrected chi connectivity index (χ4v) is 3.02. The number of hydrogen-bond donors (Lipinski definition) is 1. The van der Waals surface area contributed by atoms with Crippen LogP contribution in [0, 0.1) is 17.8 Å². The Morgan fingerprint density at radius 3 is 2.33 bits per heavy atom. The fraction of sp³-hybridized carbons (Fsp3) is 0.933. The van der Waals surface area contributed by atoms with Crippen LogP contribution in [0.4, 0.5) is 0 Å². The van der Waals surface area contributed by atoms with Crippen LogP contribution in [-0.2, 0) is 0 Å². The van der Waals surface area contributed by atoms with Gasteiger partial charge in [-0.15, -0.1) is 0 Å². The van der Waals surface area contributed by atoms with E-state index in [2.05, 4.69) is 36.1 Å². The predicted molar refractivity (Wildman–Crippen MR) is 77.8 cm³/mol. The topological polar surface area (TPSA) is 27.6 Å². The molecule has 0 bridgehead atoms. The molecule has 0 spiro atoms. The maximum absolute atomic E-state index is 4.41. The van der Waals surface area contributed by atoms with Crippen molar-refractivity contribution in [2.45, 2.75) is 52.0 Å². The lowest BCUT2D eigenvalue weighted by molar-refractivity contribution is 0.250. The molecule has 0 aromatic carbocycles. The first-order chi connectivity index (χ1) is 8.60. The highest BCUT2D eigenvalue weighted by atomic mass is 15.3. The van der Waals surface area contributed by atoms with E-state index in [-0.39, 0.29) is 0 Å². The van der Waals surface area contributed by atoms with Crippen LogP contribution in [0.2, 0.25) is 0 Å². The molecule has 0 aliphatic heterocycles. The van der Waals surface area contributed by atoms with Gasteiger partial charge in [0.05, 0.1) is 0 Å². The van der Waals surface area contributed by atoms with Crippen molar-refractivity contribution in [3.63, 3.8) is 0 Å². The first-order valence-electron chi connectivity index (χ1n) is 7.54. The smallest absolute Gasteiger partial charge is 0.193 e. The Morgan fingerprint density at radius 1 is 1.22 bits per heavy atom. The molecule has 3 heteroatoms. The summed E-state index contributed by atoms with van der Waals surface area (Å²) in [4.78, 5) is 6.74. The van der Waals surface area contributed by atoms with E-state index in [1.807, 2.05) is 7.05 Å². The number of guanidine groups is 1. The zero-order valence-electron chi connectivity index (χ0n) is 12.4. The molecule has 0 heterocycles. The quantitative estimate of drug-likeness (QED) is 0.617. The summed E-state index contributed by atoms with van der Waals surface area (Å²) in [5, 5.41) is 3.56. The van der Waals surface area contributed by atoms with Crippen LogP contribution < -0.4 is 5.32 Å². The van der Waals surface area contributed by atoms with Crippen LogP contribution in [0.1, 0.15) is 46.0 Å². The minimum absolute atomic E-state index is 0.664. The second kappa shape index (κ2) is 5.94. The summed E-state index contributed by atoms with van der Waals surface area (Å²) in [6.45, 7) is 5.84. The Kier molecular flexibility index (Phi) is 4.52. The van der Waals surface area contributed by atoms with Gasteiger partial charge in [0.2, 0.25) is 0 Å². The van der Waals surface area contributed by atoms with Gasteiger partial charge in [0, 0.05) is 26.7 Å². The van der Waals surface area contributed by atoms with Crippen LogP contribution in [0.25, 0.3) is 0 Å². The number of nitrogens with one attached hydrogen (secondary N) is 1. The Bertz CT molecular complexity index is 292. The van der Waals surface area contributed by atoms with Crippen molar-refractivity contribution in [1.82, 2.24) is 10.2 Å². The normalized spacial score (nSPS) is 36.3. The molecule has 0 saturated heterocycles. The highest BCUT2D eigenvalue weighted by molar-refractivity contribution is 5.80. The maximum atomic E-state index is 4.41. The van der Waals surface area contributed by atoms with Gasteiger partial charge < -0.3 is 10.2 Å². The van der Waals surface area contributed by atoms with Crippen LogP contribution in [0.5, 0.6) is 0 Å². The lowest BCUT2D eigenvalue weighted by Crippen LogP contribution is -2.43. The average molecular weight is 251 g/mol. The Morgan fingerprint density at radius 2 is 1.83 bits per heavy atom. The third kappa shape index (κ3) is 3.63. The van der Waals surface area contributed by atoms with E-state index >= 15 is 0 Å². The standard InChI is InChI=1S/C15H29N3/c1-11-5-7-13(8-6-11)10-18(4)15(16-3)17-14-9-12(14)2/h11-14H,5-10H2,1-4H3,(H,16,17). The summed E-state index contributed by atoms with van der Waals surface area (Å²) in [7, 11) is 4.08. The third-order valence-electron chi connectivity index (χ3n) is 4.66. The van der Waals surface area contributed by atoms with Gasteiger partial charge in [-0.1, -0.05) is 26.7 Å². The van der Waals surface area contributed by atoms with Crippen molar-refractivity contribution >= 4 is 5.96 Å². The van der Waals surface area contributed by atoms with Gasteiger partial charge >= 0.3 is 0 Å². The monoisotopic (exact) mass is 251 g/mol. The van der Waals surface area contributed by atoms with Crippen molar-refractivity contribution < 1.29 is 0 Å². The third-order valence-corrected chi connectivity index (χ3v) is 4.66. The lowest BCUT2D eigenvalue weighted by Gasteiger charge is -2.31. The first kappa shape index (κ1) is 13.7. The maximum Gasteiger partial charge on any atom is 0.193 e. The number of rotatable bonds is 3. The molecule has 18 heavy (non-hydrogen) atoms. The van der Waals surface area contributed by atoms with E-state index in [0.29, 0.717) is 6.04 Å². The first-order valence-corrected chi connectivity index (χ1v) is 7.54. The largest absolute Gasteiger partial charge is 0.353 e. The van der Waals surface area contributed by atoms with Gasteiger partial charge in [0.1, 0.15) is 0 Å². The molecule has 2 saturated carbocycles. The molecule has 2 aliphatic carbocycles. The van der Waals surface area contributed by atoms with Crippen molar-refractivity contribution in [2.75, 3.05) is 20.6 Å². The molecule has 2 atom stereocenters. The van der Waals surface area contributed by atoms with Crippen LogP contribution in [-0.4, -0.2) is 37.5 Å². The van der Waals surface area contributed by atoms with Crippen LogP contribution >= 0.6 is 0 Å². The average Bonchev–Trinajstić information content (AvgIpc) is 3.05. The van der Waals surface area contributed by atoms with Gasteiger partial charge in [-0.05, 0) is 37.0 Å². The van der Waals surface area contributed by atoms with E-state index in [4.69, 9.17) is 0 Å². The number of nitrogens with zero attached hydrogens (tertiary/aromatic N) is 2. The zero-order valence-corrected chi connectivity index (χ0v) is 12.4. The molecule has 0 aromatic rings. The lowest BCUT2D eigenvalue weighted by atomic mass is 9.83. The number of aliphatic imine (C=N–C) groups is 1. The Hall–Kier alpha value is -0.730. The molecule has 0 aromatic heterocycles. The molecule has 104 valence electrons. The predicted octanol–water partition coefficient (Wildman–Crippen LogP) is 2.73. The molecule has 0 radical (unpaired) electrons. The van der Waals surface area contributed by atoms with Gasteiger partial charge in [0.15, 0.2) is 5.96 Å². The molecule has 2 fully saturated rings. The summed E-state index contributed by atoms with van der Waals surface area (Å²) in [6.07, 6.45) is 6.90. The second-order valence-electron chi connectivity index (χ2n) is 6.52. The molecule has 2 unspecified atom stereocenters. The van der Waals surface area contributed by atoms with E-state index in [9.17, 15) is 0 Å². The van der Waals surface area contributed by atoms with Crippen molar-refractivity contribution in [3.05, 3.63) is 0 Å². The van der Waals surface area contributed by atoms with Crippen molar-refractivity contribution in [2.24, 2.45) is 22.7 Å².